The van der Waals surface area contributed by atoms with Gasteiger partial charge in [0.25, 0.3) is 0 Å². The third kappa shape index (κ3) is 4.39. The number of aromatic nitrogens is 1. The molecule has 1 aromatic heterocycles. The first kappa shape index (κ1) is 21.6. The number of carbonyl (C=O) groups is 1. The zero-order valence-corrected chi connectivity index (χ0v) is 17.5. The van der Waals surface area contributed by atoms with Gasteiger partial charge in [0.05, 0.1) is 11.1 Å². The standard InChI is InChI=1S/C21H23N7OS/c1-2-15-16(12-22)20(27-8-10-28(25)11-9-27)26-21(17(15)13-23)30-18(19(24)29)14-6-4-3-5-7-14/h3-7,18H,2,8-11,25H2,1H3,(H2,24,29). The molecular weight excluding hydrogens is 398 g/mol. The number of benzene rings is 1. The highest BCUT2D eigenvalue weighted by Gasteiger charge is 2.28. The van der Waals surface area contributed by atoms with Crippen LogP contribution in [0.5, 0.6) is 0 Å². The van der Waals surface area contributed by atoms with Gasteiger partial charge in [0.1, 0.15) is 28.2 Å². The monoisotopic (exact) mass is 421 g/mol. The Bertz CT molecular complexity index is 1000. The third-order valence-corrected chi connectivity index (χ3v) is 6.29. The summed E-state index contributed by atoms with van der Waals surface area (Å²) in [5.41, 5.74) is 7.78. The first-order valence-corrected chi connectivity index (χ1v) is 10.5. The number of anilines is 1. The smallest absolute Gasteiger partial charge is 0.235 e. The minimum absolute atomic E-state index is 0.322. The molecule has 1 unspecified atom stereocenters. The lowest BCUT2D eigenvalue weighted by molar-refractivity contribution is -0.117. The van der Waals surface area contributed by atoms with Gasteiger partial charge in [0.15, 0.2) is 0 Å². The first-order chi connectivity index (χ1) is 14.5. The molecule has 1 aliphatic heterocycles. The summed E-state index contributed by atoms with van der Waals surface area (Å²) >= 11 is 1.15. The van der Waals surface area contributed by atoms with E-state index >= 15 is 0 Å². The number of rotatable bonds is 6. The highest BCUT2D eigenvalue weighted by Crippen LogP contribution is 2.39. The average Bonchev–Trinajstić information content (AvgIpc) is 2.77. The van der Waals surface area contributed by atoms with Crippen LogP contribution in [-0.2, 0) is 11.2 Å². The molecule has 1 atom stereocenters. The predicted molar refractivity (Wildman–Crippen MR) is 115 cm³/mol. The number of nitriles is 2. The number of thioether (sulfide) groups is 1. The lowest BCUT2D eigenvalue weighted by atomic mass is 10.0. The number of hydrazine groups is 1. The van der Waals surface area contributed by atoms with Gasteiger partial charge in [-0.05, 0) is 17.5 Å². The molecule has 1 saturated heterocycles. The Morgan fingerprint density at radius 2 is 1.80 bits per heavy atom. The number of piperazine rings is 1. The second-order valence-electron chi connectivity index (χ2n) is 6.88. The van der Waals surface area contributed by atoms with Gasteiger partial charge in [-0.25, -0.2) is 9.99 Å². The second kappa shape index (κ2) is 9.59. The summed E-state index contributed by atoms with van der Waals surface area (Å²) in [5.74, 6) is 5.88. The van der Waals surface area contributed by atoms with Crippen molar-refractivity contribution in [2.24, 2.45) is 11.6 Å². The van der Waals surface area contributed by atoms with Crippen molar-refractivity contribution in [3.8, 4) is 12.1 Å². The molecule has 2 heterocycles. The molecule has 1 amide bonds. The summed E-state index contributed by atoms with van der Waals surface area (Å²) in [6.45, 7) is 4.43. The van der Waals surface area contributed by atoms with Crippen molar-refractivity contribution in [2.75, 3.05) is 31.1 Å². The van der Waals surface area contributed by atoms with Crippen LogP contribution in [0.1, 0.15) is 34.4 Å². The number of pyridine rings is 1. The van der Waals surface area contributed by atoms with Crippen LogP contribution < -0.4 is 16.5 Å². The zero-order chi connectivity index (χ0) is 21.7. The predicted octanol–water partition coefficient (Wildman–Crippen LogP) is 1.70. The summed E-state index contributed by atoms with van der Waals surface area (Å²) in [6, 6.07) is 13.6. The molecule has 1 aliphatic rings. The van der Waals surface area contributed by atoms with Crippen molar-refractivity contribution < 1.29 is 4.79 Å². The molecule has 30 heavy (non-hydrogen) atoms. The van der Waals surface area contributed by atoms with Crippen molar-refractivity contribution in [3.05, 3.63) is 52.6 Å². The molecule has 1 fully saturated rings. The maximum absolute atomic E-state index is 12.2. The molecular formula is C21H23N7OS. The van der Waals surface area contributed by atoms with Crippen LogP contribution in [0, 0.1) is 22.7 Å². The van der Waals surface area contributed by atoms with Gasteiger partial charge < -0.3 is 10.6 Å². The second-order valence-corrected chi connectivity index (χ2v) is 7.97. The molecule has 9 heteroatoms. The van der Waals surface area contributed by atoms with Crippen molar-refractivity contribution >= 4 is 23.5 Å². The molecule has 4 N–H and O–H groups in total. The normalized spacial score (nSPS) is 15.3. The van der Waals surface area contributed by atoms with E-state index in [9.17, 15) is 15.3 Å². The van der Waals surface area contributed by atoms with Crippen LogP contribution in [0.4, 0.5) is 5.82 Å². The number of hydrogen-bond acceptors (Lipinski definition) is 8. The van der Waals surface area contributed by atoms with E-state index in [1.165, 1.54) is 0 Å². The Morgan fingerprint density at radius 3 is 2.33 bits per heavy atom. The van der Waals surface area contributed by atoms with Crippen molar-refractivity contribution in [1.29, 1.82) is 10.5 Å². The van der Waals surface area contributed by atoms with Crippen LogP contribution in [0.25, 0.3) is 0 Å². The number of hydrogen-bond donors (Lipinski definition) is 2. The summed E-state index contributed by atoms with van der Waals surface area (Å²) in [7, 11) is 0. The topological polar surface area (TPSA) is 136 Å². The average molecular weight is 422 g/mol. The molecule has 154 valence electrons. The molecule has 0 saturated carbocycles. The van der Waals surface area contributed by atoms with Gasteiger partial charge in [0.2, 0.25) is 5.91 Å². The van der Waals surface area contributed by atoms with Gasteiger partial charge in [-0.2, -0.15) is 10.5 Å². The fraction of sp³-hybridized carbons (Fsp3) is 0.333. The number of carbonyl (C=O) groups excluding carboxylic acids is 1. The molecule has 0 bridgehead atoms. The molecule has 0 radical (unpaired) electrons. The van der Waals surface area contributed by atoms with Crippen LogP contribution >= 0.6 is 11.8 Å². The lowest BCUT2D eigenvalue weighted by Crippen LogP contribution is -2.50. The Kier molecular flexibility index (Phi) is 6.91. The van der Waals surface area contributed by atoms with Crippen LogP contribution in [0.3, 0.4) is 0 Å². The fourth-order valence-corrected chi connectivity index (χ4v) is 4.52. The number of nitrogens with two attached hydrogens (primary N) is 2. The highest BCUT2D eigenvalue weighted by atomic mass is 32.2. The van der Waals surface area contributed by atoms with Gasteiger partial charge in [-0.15, -0.1) is 0 Å². The summed E-state index contributed by atoms with van der Waals surface area (Å²) in [4.78, 5) is 18.9. The summed E-state index contributed by atoms with van der Waals surface area (Å²) in [5, 5.41) is 21.1. The van der Waals surface area contributed by atoms with E-state index in [1.54, 1.807) is 5.01 Å². The van der Waals surface area contributed by atoms with E-state index in [2.05, 4.69) is 12.1 Å². The van der Waals surface area contributed by atoms with E-state index in [0.717, 1.165) is 17.3 Å². The Balaban J connectivity index is 2.11. The maximum Gasteiger partial charge on any atom is 0.235 e. The molecule has 0 aliphatic carbocycles. The van der Waals surface area contributed by atoms with Crippen molar-refractivity contribution in [3.63, 3.8) is 0 Å². The van der Waals surface area contributed by atoms with Crippen molar-refractivity contribution in [1.82, 2.24) is 9.99 Å². The zero-order valence-electron chi connectivity index (χ0n) is 16.7. The van der Waals surface area contributed by atoms with Gasteiger partial charge >= 0.3 is 0 Å². The Hall–Kier alpha value is -3.11. The molecule has 0 spiro atoms. The number of amides is 1. The minimum atomic E-state index is -0.697. The molecule has 3 rings (SSSR count). The van der Waals surface area contributed by atoms with Crippen molar-refractivity contribution in [2.45, 2.75) is 23.6 Å². The Morgan fingerprint density at radius 1 is 1.17 bits per heavy atom. The van der Waals surface area contributed by atoms with E-state index in [0.29, 0.717) is 60.1 Å². The molecule has 2 aromatic rings. The number of primary amides is 1. The van der Waals surface area contributed by atoms with Crippen LogP contribution in [-0.4, -0.2) is 42.1 Å². The van der Waals surface area contributed by atoms with E-state index in [4.69, 9.17) is 16.6 Å². The number of nitrogens with zero attached hydrogens (tertiary/aromatic N) is 5. The highest BCUT2D eigenvalue weighted by molar-refractivity contribution is 8.00. The van der Waals surface area contributed by atoms with Crippen LogP contribution in [0.2, 0.25) is 0 Å². The fourth-order valence-electron chi connectivity index (χ4n) is 3.46. The lowest BCUT2D eigenvalue weighted by Gasteiger charge is -2.34. The molecule has 1 aromatic carbocycles. The summed E-state index contributed by atoms with van der Waals surface area (Å²) < 4.78 is 0. The minimum Gasteiger partial charge on any atom is -0.368 e. The largest absolute Gasteiger partial charge is 0.368 e. The van der Waals surface area contributed by atoms with Gasteiger partial charge in [-0.1, -0.05) is 49.0 Å². The SMILES string of the molecule is CCc1c(C#N)c(SC(C(N)=O)c2ccccc2)nc(N2CCN(N)CC2)c1C#N. The van der Waals surface area contributed by atoms with Crippen LogP contribution in [0.15, 0.2) is 35.4 Å². The van der Waals surface area contributed by atoms with Gasteiger partial charge in [0, 0.05) is 26.2 Å². The molecule has 8 nitrogen and oxygen atoms in total. The van der Waals surface area contributed by atoms with E-state index in [1.807, 2.05) is 42.2 Å². The van der Waals surface area contributed by atoms with E-state index in [-0.39, 0.29) is 0 Å². The first-order valence-electron chi connectivity index (χ1n) is 9.62. The van der Waals surface area contributed by atoms with Gasteiger partial charge in [-0.3, -0.25) is 10.6 Å². The Labute approximate surface area is 180 Å². The quantitative estimate of drug-likeness (QED) is 0.531. The maximum atomic E-state index is 12.2. The summed E-state index contributed by atoms with van der Waals surface area (Å²) in [6.07, 6.45) is 0.498. The third-order valence-electron chi connectivity index (χ3n) is 5.03. The van der Waals surface area contributed by atoms with E-state index < -0.39 is 11.2 Å².